The van der Waals surface area contributed by atoms with E-state index in [1.807, 2.05) is 7.05 Å². The van der Waals surface area contributed by atoms with E-state index >= 15 is 0 Å². The van der Waals surface area contributed by atoms with Gasteiger partial charge in [0.1, 0.15) is 5.82 Å². The molecule has 1 aliphatic heterocycles. The molecule has 10 heteroatoms. The van der Waals surface area contributed by atoms with Crippen LogP contribution in [0.4, 0.5) is 10.1 Å². The molecule has 1 aromatic carbocycles. The summed E-state index contributed by atoms with van der Waals surface area (Å²) in [4.78, 5) is -0.170. The molecule has 1 saturated heterocycles. The van der Waals surface area contributed by atoms with Crippen LogP contribution in [0.15, 0.2) is 23.1 Å². The molecular weight excluding hydrogens is 369 g/mol. The van der Waals surface area contributed by atoms with Crippen molar-refractivity contribution in [2.45, 2.75) is 24.7 Å². The molecule has 142 valence electrons. The number of hydrogen-bond acceptors (Lipinski definition) is 5. The fourth-order valence-corrected chi connectivity index (χ4v) is 4.90. The summed E-state index contributed by atoms with van der Waals surface area (Å²) in [7, 11) is -5.56. The Hall–Kier alpha value is -1.23. The third-order valence-corrected chi connectivity index (χ3v) is 7.48. The minimum atomic E-state index is -3.79. The summed E-state index contributed by atoms with van der Waals surface area (Å²) in [5, 5.41) is 3.09. The van der Waals surface area contributed by atoms with E-state index in [0.29, 0.717) is 19.0 Å². The van der Waals surface area contributed by atoms with Crippen LogP contribution in [0.5, 0.6) is 0 Å². The number of sulfonamides is 2. The highest BCUT2D eigenvalue weighted by molar-refractivity contribution is 7.92. The largest absolute Gasteiger partial charge is 0.319 e. The van der Waals surface area contributed by atoms with Crippen LogP contribution in [0.25, 0.3) is 0 Å². The molecule has 0 spiro atoms. The summed E-state index contributed by atoms with van der Waals surface area (Å²) in [6.45, 7) is 3.05. The summed E-state index contributed by atoms with van der Waals surface area (Å²) >= 11 is 0. The van der Waals surface area contributed by atoms with Gasteiger partial charge < -0.3 is 5.32 Å². The minimum Gasteiger partial charge on any atom is -0.319 e. The quantitative estimate of drug-likeness (QED) is 0.726. The van der Waals surface area contributed by atoms with E-state index in [2.05, 4.69) is 10.0 Å². The van der Waals surface area contributed by atoms with Gasteiger partial charge in [0, 0.05) is 13.1 Å². The Morgan fingerprint density at radius 1 is 1.20 bits per heavy atom. The molecule has 25 heavy (non-hydrogen) atoms. The van der Waals surface area contributed by atoms with E-state index in [-0.39, 0.29) is 16.3 Å². The van der Waals surface area contributed by atoms with Crippen molar-refractivity contribution in [1.29, 1.82) is 0 Å². The third-order valence-electron chi connectivity index (χ3n) is 4.29. The molecule has 0 bridgehead atoms. The van der Waals surface area contributed by atoms with E-state index < -0.39 is 25.9 Å². The third kappa shape index (κ3) is 4.90. The Balaban J connectivity index is 2.16. The second-order valence-electron chi connectivity index (χ2n) is 6.05. The maximum absolute atomic E-state index is 14.2. The van der Waals surface area contributed by atoms with E-state index in [1.165, 1.54) is 17.3 Å². The van der Waals surface area contributed by atoms with E-state index in [0.717, 1.165) is 31.5 Å². The summed E-state index contributed by atoms with van der Waals surface area (Å²) in [6, 6.07) is 3.23. The van der Waals surface area contributed by atoms with Crippen LogP contribution < -0.4 is 10.0 Å². The van der Waals surface area contributed by atoms with Gasteiger partial charge in [-0.05, 0) is 57.5 Å². The Kier molecular flexibility index (Phi) is 6.41. The molecule has 0 radical (unpaired) electrons. The lowest BCUT2D eigenvalue weighted by molar-refractivity contribution is 0.270. The van der Waals surface area contributed by atoms with Crippen LogP contribution in [0, 0.1) is 11.7 Å². The topological polar surface area (TPSA) is 95.6 Å². The second kappa shape index (κ2) is 7.98. The van der Waals surface area contributed by atoms with Crippen LogP contribution in [0.3, 0.4) is 0 Å². The summed E-state index contributed by atoms with van der Waals surface area (Å²) in [5.74, 6) is -0.684. The number of halogens is 1. The molecule has 0 atom stereocenters. The van der Waals surface area contributed by atoms with E-state index in [9.17, 15) is 21.2 Å². The molecular formula is C15H24FN3O4S2. The molecule has 0 aromatic heterocycles. The Labute approximate surface area is 148 Å². The van der Waals surface area contributed by atoms with E-state index in [1.54, 1.807) is 0 Å². The molecule has 0 unspecified atom stereocenters. The molecule has 1 aromatic rings. The lowest BCUT2D eigenvalue weighted by atomic mass is 9.98. The number of anilines is 1. The number of piperidine rings is 1. The van der Waals surface area contributed by atoms with Gasteiger partial charge in [0.15, 0.2) is 0 Å². The van der Waals surface area contributed by atoms with Crippen LogP contribution in [-0.2, 0) is 20.0 Å². The average molecular weight is 394 g/mol. The Morgan fingerprint density at radius 3 is 2.36 bits per heavy atom. The van der Waals surface area contributed by atoms with Crippen molar-refractivity contribution in [2.24, 2.45) is 5.92 Å². The highest BCUT2D eigenvalue weighted by atomic mass is 32.2. The van der Waals surface area contributed by atoms with Gasteiger partial charge in [-0.2, -0.15) is 4.31 Å². The van der Waals surface area contributed by atoms with Crippen LogP contribution in [-0.4, -0.2) is 53.6 Å². The van der Waals surface area contributed by atoms with Crippen molar-refractivity contribution >= 4 is 25.7 Å². The molecule has 0 saturated carbocycles. The highest BCUT2D eigenvalue weighted by Crippen LogP contribution is 2.26. The van der Waals surface area contributed by atoms with Crippen LogP contribution in [0.2, 0.25) is 0 Å². The lowest BCUT2D eigenvalue weighted by Gasteiger charge is -2.31. The van der Waals surface area contributed by atoms with Crippen molar-refractivity contribution in [3.63, 3.8) is 0 Å². The predicted octanol–water partition coefficient (Wildman–Crippen LogP) is 1.21. The zero-order chi connectivity index (χ0) is 18.7. The molecule has 7 nitrogen and oxygen atoms in total. The molecule has 0 aliphatic carbocycles. The number of hydrogen-bond donors (Lipinski definition) is 2. The van der Waals surface area contributed by atoms with Crippen molar-refractivity contribution < 1.29 is 21.2 Å². The zero-order valence-corrected chi connectivity index (χ0v) is 16.0. The Morgan fingerprint density at radius 2 is 1.84 bits per heavy atom. The normalized spacial score (nSPS) is 17.6. The smallest absolute Gasteiger partial charge is 0.243 e. The van der Waals surface area contributed by atoms with Gasteiger partial charge in [-0.3, -0.25) is 4.72 Å². The average Bonchev–Trinajstić information content (AvgIpc) is 2.57. The highest BCUT2D eigenvalue weighted by Gasteiger charge is 2.29. The number of benzene rings is 1. The summed E-state index contributed by atoms with van der Waals surface area (Å²) in [6.07, 6.45) is 1.49. The van der Waals surface area contributed by atoms with Crippen LogP contribution in [0.1, 0.15) is 19.8 Å². The van der Waals surface area contributed by atoms with Crippen molar-refractivity contribution in [2.75, 3.05) is 37.2 Å². The van der Waals surface area contributed by atoms with Gasteiger partial charge >= 0.3 is 0 Å². The first kappa shape index (κ1) is 20.1. The summed E-state index contributed by atoms with van der Waals surface area (Å²) < 4.78 is 66.0. The SMILES string of the molecule is CCS(=O)(=O)Nc1ccc(S(=O)(=O)N2CCC(CNC)CC2)cc1F. The van der Waals surface area contributed by atoms with Crippen molar-refractivity contribution in [1.82, 2.24) is 9.62 Å². The second-order valence-corrected chi connectivity index (χ2v) is 10.0. The molecule has 1 heterocycles. The number of nitrogens with one attached hydrogen (secondary N) is 2. The lowest BCUT2D eigenvalue weighted by Crippen LogP contribution is -2.40. The molecule has 2 N–H and O–H groups in total. The maximum atomic E-state index is 14.2. The first-order chi connectivity index (χ1) is 11.7. The molecule has 0 amide bonds. The standard InChI is InChI=1S/C15H24FN3O4S2/c1-3-24(20,21)18-15-5-4-13(10-14(15)16)25(22,23)19-8-6-12(7-9-19)11-17-2/h4-5,10,12,17-18H,3,6-9,11H2,1-2H3. The zero-order valence-electron chi connectivity index (χ0n) is 14.3. The number of nitrogens with zero attached hydrogens (tertiary/aromatic N) is 1. The van der Waals surface area contributed by atoms with E-state index in [4.69, 9.17) is 0 Å². The molecule has 1 aliphatic rings. The fourth-order valence-electron chi connectivity index (χ4n) is 2.77. The van der Waals surface area contributed by atoms with Gasteiger partial charge in [0.05, 0.1) is 16.3 Å². The molecule has 2 rings (SSSR count). The van der Waals surface area contributed by atoms with Gasteiger partial charge in [-0.15, -0.1) is 0 Å². The monoisotopic (exact) mass is 393 g/mol. The van der Waals surface area contributed by atoms with Gasteiger partial charge in [-0.25, -0.2) is 21.2 Å². The van der Waals surface area contributed by atoms with Gasteiger partial charge in [-0.1, -0.05) is 0 Å². The van der Waals surface area contributed by atoms with Gasteiger partial charge in [0.2, 0.25) is 20.0 Å². The van der Waals surface area contributed by atoms with Crippen molar-refractivity contribution in [3.8, 4) is 0 Å². The predicted molar refractivity (Wildman–Crippen MR) is 94.9 cm³/mol. The molecule has 1 fully saturated rings. The van der Waals surface area contributed by atoms with Gasteiger partial charge in [0.25, 0.3) is 0 Å². The minimum absolute atomic E-state index is 0.170. The first-order valence-corrected chi connectivity index (χ1v) is 11.2. The van der Waals surface area contributed by atoms with Crippen LogP contribution >= 0.6 is 0 Å². The van der Waals surface area contributed by atoms with Crippen molar-refractivity contribution in [3.05, 3.63) is 24.0 Å². The summed E-state index contributed by atoms with van der Waals surface area (Å²) in [5.41, 5.74) is -0.256. The fraction of sp³-hybridized carbons (Fsp3) is 0.600. The first-order valence-electron chi connectivity index (χ1n) is 8.14. The maximum Gasteiger partial charge on any atom is 0.243 e. The number of rotatable bonds is 7. The Bertz CT molecular complexity index is 804.